The molecule has 4 nitrogen and oxygen atoms in total. The molecule has 0 spiro atoms. The molecule has 20 heavy (non-hydrogen) atoms. The molecule has 0 aliphatic heterocycles. The SMILES string of the molecule is CCC(C)N(CCOC)c1cc(C(F)(F)F)cc(N)n1. The Hall–Kier alpha value is -1.50. The maximum atomic E-state index is 12.8. The van der Waals surface area contributed by atoms with Crippen molar-refractivity contribution in [1.82, 2.24) is 4.98 Å². The molecule has 0 aromatic carbocycles. The number of hydrogen-bond donors (Lipinski definition) is 1. The molecule has 0 aliphatic carbocycles. The van der Waals surface area contributed by atoms with Crippen LogP contribution in [-0.2, 0) is 10.9 Å². The summed E-state index contributed by atoms with van der Waals surface area (Å²) in [5.74, 6) is 0.0873. The van der Waals surface area contributed by atoms with Crippen molar-refractivity contribution < 1.29 is 17.9 Å². The Morgan fingerprint density at radius 2 is 2.05 bits per heavy atom. The summed E-state index contributed by atoms with van der Waals surface area (Å²) in [5, 5.41) is 0. The molecule has 0 saturated heterocycles. The van der Waals surface area contributed by atoms with E-state index in [-0.39, 0.29) is 17.7 Å². The molecule has 1 aromatic heterocycles. The van der Waals surface area contributed by atoms with Crippen LogP contribution in [0.2, 0.25) is 0 Å². The summed E-state index contributed by atoms with van der Waals surface area (Å²) >= 11 is 0. The van der Waals surface area contributed by atoms with Crippen LogP contribution in [0.3, 0.4) is 0 Å². The van der Waals surface area contributed by atoms with Crippen LogP contribution in [0.4, 0.5) is 24.8 Å². The van der Waals surface area contributed by atoms with Crippen LogP contribution in [0, 0.1) is 0 Å². The highest BCUT2D eigenvalue weighted by atomic mass is 19.4. The molecule has 0 amide bonds. The van der Waals surface area contributed by atoms with Crippen LogP contribution >= 0.6 is 0 Å². The van der Waals surface area contributed by atoms with Gasteiger partial charge in [0.2, 0.25) is 0 Å². The van der Waals surface area contributed by atoms with E-state index in [1.165, 1.54) is 0 Å². The Bertz CT molecular complexity index is 437. The maximum Gasteiger partial charge on any atom is 0.416 e. The summed E-state index contributed by atoms with van der Waals surface area (Å²) in [4.78, 5) is 5.79. The topological polar surface area (TPSA) is 51.4 Å². The van der Waals surface area contributed by atoms with Crippen LogP contribution in [-0.4, -0.2) is 31.3 Å². The summed E-state index contributed by atoms with van der Waals surface area (Å²) in [6, 6.07) is 1.91. The first-order chi connectivity index (χ1) is 9.29. The maximum absolute atomic E-state index is 12.8. The predicted molar refractivity (Wildman–Crippen MR) is 72.6 cm³/mol. The van der Waals surface area contributed by atoms with E-state index < -0.39 is 11.7 Å². The molecular formula is C13H20F3N3O. The van der Waals surface area contributed by atoms with Gasteiger partial charge in [0.25, 0.3) is 0 Å². The summed E-state index contributed by atoms with van der Waals surface area (Å²) in [7, 11) is 1.54. The molecule has 0 bridgehead atoms. The average molecular weight is 291 g/mol. The second kappa shape index (κ2) is 6.78. The van der Waals surface area contributed by atoms with E-state index in [1.807, 2.05) is 13.8 Å². The van der Waals surface area contributed by atoms with Gasteiger partial charge in [-0.2, -0.15) is 13.2 Å². The zero-order valence-corrected chi connectivity index (χ0v) is 11.9. The normalized spacial score (nSPS) is 13.3. The predicted octanol–water partition coefficient (Wildman–Crippen LogP) is 2.93. The van der Waals surface area contributed by atoms with Crippen molar-refractivity contribution in [3.8, 4) is 0 Å². The van der Waals surface area contributed by atoms with Gasteiger partial charge >= 0.3 is 6.18 Å². The molecule has 2 N–H and O–H groups in total. The Morgan fingerprint density at radius 1 is 1.40 bits per heavy atom. The molecule has 7 heteroatoms. The highest BCUT2D eigenvalue weighted by Gasteiger charge is 2.32. The number of halogens is 3. The fourth-order valence-electron chi connectivity index (χ4n) is 1.82. The fourth-order valence-corrected chi connectivity index (χ4v) is 1.82. The quantitative estimate of drug-likeness (QED) is 0.875. The zero-order valence-electron chi connectivity index (χ0n) is 11.9. The Balaban J connectivity index is 3.15. The zero-order chi connectivity index (χ0) is 15.3. The molecule has 1 rings (SSSR count). The van der Waals surface area contributed by atoms with Crippen LogP contribution in [0.5, 0.6) is 0 Å². The van der Waals surface area contributed by atoms with Gasteiger partial charge in [-0.05, 0) is 25.5 Å². The number of nitrogens with zero attached hydrogens (tertiary/aromatic N) is 2. The van der Waals surface area contributed by atoms with Gasteiger partial charge in [0.05, 0.1) is 12.2 Å². The lowest BCUT2D eigenvalue weighted by molar-refractivity contribution is -0.137. The third kappa shape index (κ3) is 4.26. The van der Waals surface area contributed by atoms with E-state index >= 15 is 0 Å². The molecule has 1 heterocycles. The van der Waals surface area contributed by atoms with E-state index in [9.17, 15) is 13.2 Å². The minimum atomic E-state index is -4.44. The van der Waals surface area contributed by atoms with Gasteiger partial charge in [-0.1, -0.05) is 6.92 Å². The molecule has 1 aromatic rings. The van der Waals surface area contributed by atoms with Gasteiger partial charge in [-0.25, -0.2) is 4.98 Å². The minimum absolute atomic E-state index is 0.0422. The number of methoxy groups -OCH3 is 1. The smallest absolute Gasteiger partial charge is 0.384 e. The van der Waals surface area contributed by atoms with Gasteiger partial charge < -0.3 is 15.4 Å². The number of nitrogen functional groups attached to an aromatic ring is 1. The number of alkyl halides is 3. The van der Waals surface area contributed by atoms with E-state index in [0.29, 0.717) is 13.2 Å². The lowest BCUT2D eigenvalue weighted by atomic mass is 10.2. The van der Waals surface area contributed by atoms with Crippen LogP contribution in [0.15, 0.2) is 12.1 Å². The Kier molecular flexibility index (Phi) is 5.62. The van der Waals surface area contributed by atoms with Crippen LogP contribution in [0.25, 0.3) is 0 Å². The highest BCUT2D eigenvalue weighted by Crippen LogP contribution is 2.32. The van der Waals surface area contributed by atoms with Crippen LogP contribution < -0.4 is 10.6 Å². The number of ether oxygens (including phenoxy) is 1. The fraction of sp³-hybridized carbons (Fsp3) is 0.615. The Morgan fingerprint density at radius 3 is 2.55 bits per heavy atom. The number of aromatic nitrogens is 1. The average Bonchev–Trinajstić information content (AvgIpc) is 2.37. The first-order valence-corrected chi connectivity index (χ1v) is 6.40. The van der Waals surface area contributed by atoms with Crippen molar-refractivity contribution >= 4 is 11.6 Å². The van der Waals surface area contributed by atoms with Crippen molar-refractivity contribution in [2.45, 2.75) is 32.5 Å². The highest BCUT2D eigenvalue weighted by molar-refractivity contribution is 5.50. The van der Waals surface area contributed by atoms with Crippen molar-refractivity contribution in [1.29, 1.82) is 0 Å². The van der Waals surface area contributed by atoms with Crippen molar-refractivity contribution in [2.75, 3.05) is 30.9 Å². The van der Waals surface area contributed by atoms with Crippen molar-refractivity contribution in [2.24, 2.45) is 0 Å². The number of pyridine rings is 1. The minimum Gasteiger partial charge on any atom is -0.384 e. The number of hydrogen-bond acceptors (Lipinski definition) is 4. The van der Waals surface area contributed by atoms with Crippen LogP contribution in [0.1, 0.15) is 25.8 Å². The third-order valence-corrected chi connectivity index (χ3v) is 3.11. The van der Waals surface area contributed by atoms with Gasteiger partial charge in [0.1, 0.15) is 11.6 Å². The van der Waals surface area contributed by atoms with Gasteiger partial charge in [0.15, 0.2) is 0 Å². The lowest BCUT2D eigenvalue weighted by Crippen LogP contribution is -2.36. The summed E-state index contributed by atoms with van der Waals surface area (Å²) in [6.45, 7) is 4.75. The van der Waals surface area contributed by atoms with E-state index in [0.717, 1.165) is 18.6 Å². The summed E-state index contributed by atoms with van der Waals surface area (Å²) < 4.78 is 43.5. The summed E-state index contributed by atoms with van der Waals surface area (Å²) in [5.41, 5.74) is 4.71. The first kappa shape index (κ1) is 16.6. The lowest BCUT2D eigenvalue weighted by Gasteiger charge is -2.30. The van der Waals surface area contributed by atoms with Gasteiger partial charge in [0, 0.05) is 19.7 Å². The number of anilines is 2. The van der Waals surface area contributed by atoms with Crippen molar-refractivity contribution in [3.05, 3.63) is 17.7 Å². The largest absolute Gasteiger partial charge is 0.416 e. The molecule has 0 saturated carbocycles. The van der Waals surface area contributed by atoms with E-state index in [1.54, 1.807) is 12.0 Å². The van der Waals surface area contributed by atoms with Gasteiger partial charge in [-0.15, -0.1) is 0 Å². The summed E-state index contributed by atoms with van der Waals surface area (Å²) in [6.07, 6.45) is -3.66. The standard InChI is InChI=1S/C13H20F3N3O/c1-4-9(2)19(5-6-20-3)12-8-10(13(14,15)16)7-11(17)18-12/h7-9H,4-6H2,1-3H3,(H2,17,18). The molecule has 0 radical (unpaired) electrons. The Labute approximate surface area is 116 Å². The van der Waals surface area contributed by atoms with E-state index in [2.05, 4.69) is 4.98 Å². The van der Waals surface area contributed by atoms with Gasteiger partial charge in [-0.3, -0.25) is 0 Å². The molecule has 1 unspecified atom stereocenters. The first-order valence-electron chi connectivity index (χ1n) is 6.40. The molecular weight excluding hydrogens is 271 g/mol. The molecule has 114 valence electrons. The third-order valence-electron chi connectivity index (χ3n) is 3.11. The monoisotopic (exact) mass is 291 g/mol. The molecule has 0 fully saturated rings. The second-order valence-electron chi connectivity index (χ2n) is 4.58. The molecule has 0 aliphatic rings. The second-order valence-corrected chi connectivity index (χ2v) is 4.58. The van der Waals surface area contributed by atoms with E-state index in [4.69, 9.17) is 10.5 Å². The number of rotatable bonds is 6. The van der Waals surface area contributed by atoms with Crippen molar-refractivity contribution in [3.63, 3.8) is 0 Å². The number of nitrogens with two attached hydrogens (primary N) is 1. The molecule has 1 atom stereocenters.